The Labute approximate surface area is 113 Å². The van der Waals surface area contributed by atoms with Crippen LogP contribution >= 0.6 is 0 Å². The first-order chi connectivity index (χ1) is 8.52. The van der Waals surface area contributed by atoms with Gasteiger partial charge in [-0.1, -0.05) is 56.9 Å². The van der Waals surface area contributed by atoms with Crippen molar-refractivity contribution in [3.8, 4) is 0 Å². The Kier molecular flexibility index (Phi) is 9.07. The van der Waals surface area contributed by atoms with Gasteiger partial charge in [-0.05, 0) is 19.3 Å². The lowest BCUT2D eigenvalue weighted by molar-refractivity contribution is -0.137. The van der Waals surface area contributed by atoms with E-state index in [0.29, 0.717) is 6.42 Å². The monoisotopic (exact) mass is 270 g/mol. The first kappa shape index (κ1) is 17.4. The van der Waals surface area contributed by atoms with Crippen LogP contribution in [0.1, 0.15) is 59.3 Å². The van der Waals surface area contributed by atoms with Gasteiger partial charge >= 0.3 is 5.97 Å². The molecule has 0 radical (unpaired) electrons. The fourth-order valence-corrected chi connectivity index (χ4v) is 6.44. The van der Waals surface area contributed by atoms with E-state index in [9.17, 15) is 4.79 Å². The van der Waals surface area contributed by atoms with Gasteiger partial charge in [-0.25, -0.2) is 0 Å². The SMILES string of the molecule is C=C(CCCCCCC(=O)O)[Si](CC)(CC)CC. The van der Waals surface area contributed by atoms with Gasteiger partial charge in [0.2, 0.25) is 0 Å². The van der Waals surface area contributed by atoms with E-state index in [1.54, 1.807) is 0 Å². The number of carbonyl (C=O) groups is 1. The highest BCUT2D eigenvalue weighted by Gasteiger charge is 2.29. The minimum absolute atomic E-state index is 0.318. The van der Waals surface area contributed by atoms with Gasteiger partial charge in [0.05, 0.1) is 8.07 Å². The number of unbranched alkanes of at least 4 members (excludes halogenated alkanes) is 3. The summed E-state index contributed by atoms with van der Waals surface area (Å²) in [7, 11) is -1.20. The summed E-state index contributed by atoms with van der Waals surface area (Å²) in [6.07, 6.45) is 5.67. The van der Waals surface area contributed by atoms with Crippen LogP contribution < -0.4 is 0 Å². The van der Waals surface area contributed by atoms with Crippen molar-refractivity contribution in [1.82, 2.24) is 0 Å². The third-order valence-electron chi connectivity index (χ3n) is 4.40. The molecule has 0 spiro atoms. The minimum Gasteiger partial charge on any atom is -0.481 e. The summed E-state index contributed by atoms with van der Waals surface area (Å²) in [4.78, 5) is 10.4. The third kappa shape index (κ3) is 5.85. The molecule has 106 valence electrons. The molecule has 0 aromatic carbocycles. The zero-order valence-electron chi connectivity index (χ0n) is 12.4. The van der Waals surface area contributed by atoms with Crippen molar-refractivity contribution in [3.05, 3.63) is 11.8 Å². The number of rotatable bonds is 11. The molecule has 0 aromatic rings. The van der Waals surface area contributed by atoms with Crippen molar-refractivity contribution >= 4 is 14.0 Å². The molecular weight excluding hydrogens is 240 g/mol. The number of hydrogen-bond donors (Lipinski definition) is 1. The second kappa shape index (κ2) is 9.37. The number of aliphatic carboxylic acids is 1. The highest BCUT2D eigenvalue weighted by atomic mass is 28.3. The van der Waals surface area contributed by atoms with Gasteiger partial charge in [0.1, 0.15) is 0 Å². The van der Waals surface area contributed by atoms with Crippen LogP contribution in [0.4, 0.5) is 0 Å². The van der Waals surface area contributed by atoms with E-state index in [4.69, 9.17) is 5.11 Å². The number of hydrogen-bond acceptors (Lipinski definition) is 1. The van der Waals surface area contributed by atoms with Gasteiger partial charge in [-0.3, -0.25) is 4.79 Å². The minimum atomic E-state index is -1.20. The first-order valence-electron chi connectivity index (χ1n) is 7.42. The molecule has 0 unspecified atom stereocenters. The van der Waals surface area contributed by atoms with E-state index in [2.05, 4.69) is 27.4 Å². The summed E-state index contributed by atoms with van der Waals surface area (Å²) in [6, 6.07) is 3.95. The van der Waals surface area contributed by atoms with Crippen molar-refractivity contribution in [3.63, 3.8) is 0 Å². The second-order valence-corrected chi connectivity index (χ2v) is 10.6. The van der Waals surface area contributed by atoms with Crippen molar-refractivity contribution in [2.75, 3.05) is 0 Å². The van der Waals surface area contributed by atoms with Gasteiger partial charge in [-0.15, -0.1) is 6.58 Å². The van der Waals surface area contributed by atoms with E-state index >= 15 is 0 Å². The van der Waals surface area contributed by atoms with Crippen molar-refractivity contribution in [2.24, 2.45) is 0 Å². The Hall–Kier alpha value is -0.573. The molecule has 0 aliphatic carbocycles. The molecule has 0 fully saturated rings. The van der Waals surface area contributed by atoms with Crippen LogP contribution in [0.5, 0.6) is 0 Å². The average Bonchev–Trinajstić information content (AvgIpc) is 2.36. The van der Waals surface area contributed by atoms with Crippen molar-refractivity contribution < 1.29 is 9.90 Å². The van der Waals surface area contributed by atoms with Crippen LogP contribution in [0.3, 0.4) is 0 Å². The lowest BCUT2D eigenvalue weighted by atomic mass is 10.1. The Balaban J connectivity index is 3.85. The Morgan fingerprint density at radius 2 is 1.39 bits per heavy atom. The van der Waals surface area contributed by atoms with Crippen molar-refractivity contribution in [2.45, 2.75) is 77.4 Å². The van der Waals surface area contributed by atoms with Crippen LogP contribution in [-0.2, 0) is 4.79 Å². The molecule has 0 aliphatic heterocycles. The number of carboxylic acid groups (broad SMARTS) is 1. The van der Waals surface area contributed by atoms with E-state index < -0.39 is 14.0 Å². The van der Waals surface area contributed by atoms with Gasteiger partial charge < -0.3 is 5.11 Å². The van der Waals surface area contributed by atoms with Crippen LogP contribution in [0.2, 0.25) is 18.1 Å². The maximum Gasteiger partial charge on any atom is 0.303 e. The smallest absolute Gasteiger partial charge is 0.303 e. The largest absolute Gasteiger partial charge is 0.481 e. The maximum absolute atomic E-state index is 10.4. The van der Waals surface area contributed by atoms with E-state index in [0.717, 1.165) is 25.7 Å². The lowest BCUT2D eigenvalue weighted by Crippen LogP contribution is -2.34. The Bertz CT molecular complexity index is 249. The number of allylic oxidation sites excluding steroid dienone is 1. The van der Waals surface area contributed by atoms with Crippen LogP contribution in [0.15, 0.2) is 11.8 Å². The summed E-state index contributed by atoms with van der Waals surface area (Å²) < 4.78 is 0. The fraction of sp³-hybridized carbons (Fsp3) is 0.800. The molecule has 18 heavy (non-hydrogen) atoms. The molecule has 1 N–H and O–H groups in total. The molecule has 0 heterocycles. The topological polar surface area (TPSA) is 37.3 Å². The molecule has 0 aliphatic rings. The highest BCUT2D eigenvalue weighted by Crippen LogP contribution is 2.30. The predicted molar refractivity (Wildman–Crippen MR) is 81.7 cm³/mol. The second-order valence-electron chi connectivity index (χ2n) is 5.25. The Morgan fingerprint density at radius 3 is 1.78 bits per heavy atom. The van der Waals surface area contributed by atoms with Crippen LogP contribution in [0, 0.1) is 0 Å². The lowest BCUT2D eigenvalue weighted by Gasteiger charge is -2.30. The third-order valence-corrected chi connectivity index (χ3v) is 10.2. The standard InChI is InChI=1S/C15H30O2Si/c1-5-18(6-2,7-3)14(4)12-10-8-9-11-13-15(16)17/h4-13H2,1-3H3,(H,16,17). The molecule has 0 bridgehead atoms. The number of carboxylic acids is 1. The summed E-state index contributed by atoms with van der Waals surface area (Å²) >= 11 is 0. The van der Waals surface area contributed by atoms with Gasteiger partial charge in [0.25, 0.3) is 0 Å². The molecular formula is C15H30O2Si. The zero-order valence-corrected chi connectivity index (χ0v) is 13.4. The summed E-state index contributed by atoms with van der Waals surface area (Å²) in [5.74, 6) is -0.672. The summed E-state index contributed by atoms with van der Waals surface area (Å²) in [5, 5.41) is 10.1. The summed E-state index contributed by atoms with van der Waals surface area (Å²) in [5.41, 5.74) is 0. The van der Waals surface area contributed by atoms with E-state index in [-0.39, 0.29) is 0 Å². The summed E-state index contributed by atoms with van der Waals surface area (Å²) in [6.45, 7) is 11.3. The van der Waals surface area contributed by atoms with E-state index in [1.165, 1.54) is 29.7 Å². The molecule has 3 heteroatoms. The highest BCUT2D eigenvalue weighted by molar-refractivity contribution is 6.86. The quantitative estimate of drug-likeness (QED) is 0.423. The van der Waals surface area contributed by atoms with Gasteiger partial charge in [-0.2, -0.15) is 0 Å². The van der Waals surface area contributed by atoms with Crippen LogP contribution in [0.25, 0.3) is 0 Å². The first-order valence-corrected chi connectivity index (χ1v) is 10.0. The van der Waals surface area contributed by atoms with Gasteiger partial charge in [0, 0.05) is 6.42 Å². The Morgan fingerprint density at radius 1 is 0.944 bits per heavy atom. The normalized spacial score (nSPS) is 11.5. The molecule has 0 saturated carbocycles. The average molecular weight is 270 g/mol. The molecule has 0 atom stereocenters. The molecule has 0 saturated heterocycles. The van der Waals surface area contributed by atoms with Gasteiger partial charge in [0.15, 0.2) is 0 Å². The zero-order chi connectivity index (χ0) is 14.0. The molecule has 0 amide bonds. The maximum atomic E-state index is 10.4. The molecule has 0 rings (SSSR count). The molecule has 0 aromatic heterocycles. The van der Waals surface area contributed by atoms with E-state index in [1.807, 2.05) is 0 Å². The predicted octanol–water partition coefficient (Wildman–Crippen LogP) is 5.02. The van der Waals surface area contributed by atoms with Crippen LogP contribution in [-0.4, -0.2) is 19.1 Å². The molecule has 2 nitrogen and oxygen atoms in total. The van der Waals surface area contributed by atoms with Crippen molar-refractivity contribution in [1.29, 1.82) is 0 Å². The fourth-order valence-electron chi connectivity index (χ4n) is 2.73.